The number of nitrogens with zero attached hydrogens (tertiary/aromatic N) is 3. The molecule has 0 radical (unpaired) electrons. The molecular weight excluding hydrogens is 398 g/mol. The van der Waals surface area contributed by atoms with Crippen LogP contribution >= 0.6 is 0 Å². The van der Waals surface area contributed by atoms with Crippen molar-refractivity contribution in [2.45, 2.75) is 38.7 Å². The van der Waals surface area contributed by atoms with E-state index in [0.29, 0.717) is 30.9 Å². The van der Waals surface area contributed by atoms with Crippen molar-refractivity contribution >= 4 is 11.8 Å². The van der Waals surface area contributed by atoms with Crippen LogP contribution in [0.1, 0.15) is 48.8 Å². The Bertz CT molecular complexity index is 908. The van der Waals surface area contributed by atoms with Gasteiger partial charge in [-0.3, -0.25) is 0 Å². The molecule has 172 valence electrons. The first-order chi connectivity index (χ1) is 15.4. The molecule has 0 N–H and O–H groups in total. The smallest absolute Gasteiger partial charge is 0.409 e. The molecule has 0 spiro atoms. The fourth-order valence-corrected chi connectivity index (χ4v) is 5.14. The van der Waals surface area contributed by atoms with Crippen molar-refractivity contribution in [3.63, 3.8) is 0 Å². The summed E-state index contributed by atoms with van der Waals surface area (Å²) in [5.74, 6) is 1.59. The summed E-state index contributed by atoms with van der Waals surface area (Å²) in [7, 11) is 4.04. The fourth-order valence-electron chi connectivity index (χ4n) is 5.14. The molecule has 1 unspecified atom stereocenters. The van der Waals surface area contributed by atoms with Gasteiger partial charge in [0, 0.05) is 45.5 Å². The Morgan fingerprint density at radius 2 is 1.75 bits per heavy atom. The summed E-state index contributed by atoms with van der Waals surface area (Å²) in [6.45, 7) is 10.2. The lowest BCUT2D eigenvalue weighted by Gasteiger charge is -2.34. The predicted molar refractivity (Wildman–Crippen MR) is 130 cm³/mol. The standard InChI is InChI=1S/C27H37N3O2/c1-20-21(2)26-18-23(30-16-14-28(3)15-17-30)10-11-25(26)24(20)12-13-29(4)27(31)32-19-22-8-6-5-7-9-22/h5-11,18,20-21,24H,12-17,19H2,1-4H3/t20-,21?,24-/m1/s1. The first-order valence-electron chi connectivity index (χ1n) is 11.9. The molecule has 1 saturated heterocycles. The number of hydrogen-bond acceptors (Lipinski definition) is 4. The van der Waals surface area contributed by atoms with Crippen LogP contribution in [0.4, 0.5) is 10.5 Å². The number of benzene rings is 2. The Morgan fingerprint density at radius 3 is 2.47 bits per heavy atom. The zero-order valence-electron chi connectivity index (χ0n) is 20.0. The second-order valence-electron chi connectivity index (χ2n) is 9.61. The van der Waals surface area contributed by atoms with Crippen molar-refractivity contribution in [1.29, 1.82) is 0 Å². The average molecular weight is 436 g/mol. The van der Waals surface area contributed by atoms with Gasteiger partial charge in [0.2, 0.25) is 0 Å². The molecule has 5 nitrogen and oxygen atoms in total. The summed E-state index contributed by atoms with van der Waals surface area (Å²) in [6, 6.07) is 16.9. The highest BCUT2D eigenvalue weighted by molar-refractivity contribution is 5.67. The van der Waals surface area contributed by atoms with Crippen molar-refractivity contribution in [3.05, 3.63) is 65.2 Å². The van der Waals surface area contributed by atoms with Gasteiger partial charge in [0.05, 0.1) is 0 Å². The lowest BCUT2D eigenvalue weighted by atomic mass is 9.87. The number of likely N-dealkylation sites (N-methyl/N-ethyl adjacent to an activating group) is 1. The van der Waals surface area contributed by atoms with E-state index in [1.165, 1.54) is 16.8 Å². The van der Waals surface area contributed by atoms with Crippen LogP contribution in [0.2, 0.25) is 0 Å². The lowest BCUT2D eigenvalue weighted by molar-refractivity contribution is 0.103. The van der Waals surface area contributed by atoms with Gasteiger partial charge in [-0.2, -0.15) is 0 Å². The average Bonchev–Trinajstić information content (AvgIpc) is 3.06. The molecular formula is C27H37N3O2. The molecule has 5 heteroatoms. The first kappa shape index (κ1) is 22.7. The highest BCUT2D eigenvalue weighted by Crippen LogP contribution is 2.48. The van der Waals surface area contributed by atoms with Crippen LogP contribution in [0.15, 0.2) is 48.5 Å². The molecule has 2 aromatic carbocycles. The summed E-state index contributed by atoms with van der Waals surface area (Å²) in [6.07, 6.45) is 0.710. The zero-order valence-corrected chi connectivity index (χ0v) is 20.0. The Kier molecular flexibility index (Phi) is 7.04. The van der Waals surface area contributed by atoms with E-state index in [1.54, 1.807) is 4.90 Å². The number of carbonyl (C=O) groups is 1. The molecule has 4 rings (SSSR count). The SMILES string of the molecule is CC1c2cc(N3CCN(C)CC3)ccc2[C@H](CCN(C)C(=O)OCc2ccccc2)[C@@H]1C. The van der Waals surface area contributed by atoms with Crippen molar-refractivity contribution in [2.75, 3.05) is 51.7 Å². The Hall–Kier alpha value is -2.53. The molecule has 1 heterocycles. The van der Waals surface area contributed by atoms with E-state index in [0.717, 1.165) is 38.2 Å². The molecule has 2 aliphatic rings. The molecule has 1 aliphatic carbocycles. The maximum absolute atomic E-state index is 12.5. The quantitative estimate of drug-likeness (QED) is 0.644. The number of carbonyl (C=O) groups excluding carboxylic acids is 1. The number of amides is 1. The highest BCUT2D eigenvalue weighted by Gasteiger charge is 2.35. The summed E-state index contributed by atoms with van der Waals surface area (Å²) in [4.78, 5) is 19.1. The minimum atomic E-state index is -0.252. The van der Waals surface area contributed by atoms with E-state index < -0.39 is 0 Å². The first-order valence-corrected chi connectivity index (χ1v) is 11.9. The minimum absolute atomic E-state index is 0.252. The van der Waals surface area contributed by atoms with E-state index in [4.69, 9.17) is 4.74 Å². The third-order valence-electron chi connectivity index (χ3n) is 7.54. The largest absolute Gasteiger partial charge is 0.445 e. The van der Waals surface area contributed by atoms with Gasteiger partial charge in [-0.25, -0.2) is 4.79 Å². The number of ether oxygens (including phenoxy) is 1. The van der Waals surface area contributed by atoms with Gasteiger partial charge in [-0.1, -0.05) is 50.2 Å². The number of piperazine rings is 1. The van der Waals surface area contributed by atoms with Crippen LogP contribution in [0.25, 0.3) is 0 Å². The number of fused-ring (bicyclic) bond motifs is 1. The molecule has 0 saturated carbocycles. The summed E-state index contributed by atoms with van der Waals surface area (Å²) in [5, 5.41) is 0. The highest BCUT2D eigenvalue weighted by atomic mass is 16.6. The number of rotatable bonds is 6. The van der Waals surface area contributed by atoms with E-state index in [2.05, 4.69) is 48.9 Å². The van der Waals surface area contributed by atoms with E-state index >= 15 is 0 Å². The summed E-state index contributed by atoms with van der Waals surface area (Å²) >= 11 is 0. The molecule has 0 aromatic heterocycles. The number of anilines is 1. The molecule has 1 fully saturated rings. The molecule has 32 heavy (non-hydrogen) atoms. The second-order valence-corrected chi connectivity index (χ2v) is 9.61. The molecule has 2 aromatic rings. The zero-order chi connectivity index (χ0) is 22.7. The minimum Gasteiger partial charge on any atom is -0.445 e. The normalized spacial score (nSPS) is 23.1. The van der Waals surface area contributed by atoms with Crippen LogP contribution in [-0.2, 0) is 11.3 Å². The van der Waals surface area contributed by atoms with Gasteiger partial charge in [0.1, 0.15) is 6.61 Å². The van der Waals surface area contributed by atoms with E-state index in [1.807, 2.05) is 37.4 Å². The Balaban J connectivity index is 1.36. The Morgan fingerprint density at radius 1 is 1.03 bits per heavy atom. The van der Waals surface area contributed by atoms with E-state index in [-0.39, 0.29) is 6.09 Å². The van der Waals surface area contributed by atoms with Gasteiger partial charge in [-0.05, 0) is 60.0 Å². The topological polar surface area (TPSA) is 36.0 Å². The van der Waals surface area contributed by atoms with Crippen LogP contribution in [0, 0.1) is 5.92 Å². The number of hydrogen-bond donors (Lipinski definition) is 0. The van der Waals surface area contributed by atoms with Gasteiger partial charge >= 0.3 is 6.09 Å². The molecule has 1 amide bonds. The van der Waals surface area contributed by atoms with Gasteiger partial charge in [-0.15, -0.1) is 0 Å². The van der Waals surface area contributed by atoms with Gasteiger partial charge < -0.3 is 19.4 Å². The molecule has 0 bridgehead atoms. The van der Waals surface area contributed by atoms with E-state index in [9.17, 15) is 4.79 Å². The van der Waals surface area contributed by atoms with Gasteiger partial charge in [0.25, 0.3) is 0 Å². The van der Waals surface area contributed by atoms with Crippen molar-refractivity contribution in [1.82, 2.24) is 9.80 Å². The van der Waals surface area contributed by atoms with Crippen molar-refractivity contribution in [2.24, 2.45) is 5.92 Å². The van der Waals surface area contributed by atoms with Crippen LogP contribution < -0.4 is 4.90 Å². The maximum Gasteiger partial charge on any atom is 0.409 e. The fraction of sp³-hybridized carbons (Fsp3) is 0.519. The van der Waals surface area contributed by atoms with Crippen molar-refractivity contribution < 1.29 is 9.53 Å². The summed E-state index contributed by atoms with van der Waals surface area (Å²) in [5.41, 5.74) is 5.33. The second kappa shape index (κ2) is 9.95. The third kappa shape index (κ3) is 4.93. The Labute approximate surface area is 193 Å². The van der Waals surface area contributed by atoms with Crippen molar-refractivity contribution in [3.8, 4) is 0 Å². The third-order valence-corrected chi connectivity index (χ3v) is 7.54. The summed E-state index contributed by atoms with van der Waals surface area (Å²) < 4.78 is 5.49. The monoisotopic (exact) mass is 435 g/mol. The van der Waals surface area contributed by atoms with Crippen LogP contribution in [0.5, 0.6) is 0 Å². The lowest BCUT2D eigenvalue weighted by Crippen LogP contribution is -2.44. The molecule has 3 atom stereocenters. The van der Waals surface area contributed by atoms with Crippen LogP contribution in [-0.4, -0.2) is 62.7 Å². The van der Waals surface area contributed by atoms with Crippen LogP contribution in [0.3, 0.4) is 0 Å². The predicted octanol–water partition coefficient (Wildman–Crippen LogP) is 4.93. The maximum atomic E-state index is 12.5. The van der Waals surface area contributed by atoms with Gasteiger partial charge in [0.15, 0.2) is 0 Å². The molecule has 1 aliphatic heterocycles.